The number of carbonyl (C=O) groups is 1. The number of hydrogen-bond donors (Lipinski definition) is 1. The van der Waals surface area contributed by atoms with Gasteiger partial charge in [-0.2, -0.15) is 0 Å². The zero-order chi connectivity index (χ0) is 12.8. The number of carbonyl (C=O) groups excluding carboxylic acids is 1. The Morgan fingerprint density at radius 3 is 2.29 bits per heavy atom. The standard InChI is InChI=1S/C13H18N2O2/c1-9(2)17-15-10(3)12-5-7-13(8-6-12)14-11(4)16/h5-9H,1-4H3,(H,14,16). The van der Waals surface area contributed by atoms with Crippen LogP contribution in [-0.4, -0.2) is 17.7 Å². The number of rotatable bonds is 4. The molecule has 0 aliphatic heterocycles. The third kappa shape index (κ3) is 4.68. The van der Waals surface area contributed by atoms with Gasteiger partial charge in [0.15, 0.2) is 0 Å². The summed E-state index contributed by atoms with van der Waals surface area (Å²) in [7, 11) is 0. The van der Waals surface area contributed by atoms with Crippen molar-refractivity contribution < 1.29 is 9.63 Å². The lowest BCUT2D eigenvalue weighted by Crippen LogP contribution is -2.06. The molecule has 4 heteroatoms. The van der Waals surface area contributed by atoms with Crippen LogP contribution >= 0.6 is 0 Å². The largest absolute Gasteiger partial charge is 0.393 e. The fraction of sp³-hybridized carbons (Fsp3) is 0.385. The fourth-order valence-electron chi connectivity index (χ4n) is 1.24. The van der Waals surface area contributed by atoms with E-state index >= 15 is 0 Å². The smallest absolute Gasteiger partial charge is 0.221 e. The first kappa shape index (κ1) is 13.2. The molecule has 4 nitrogen and oxygen atoms in total. The summed E-state index contributed by atoms with van der Waals surface area (Å²) < 4.78 is 0. The van der Waals surface area contributed by atoms with Crippen LogP contribution in [0, 0.1) is 0 Å². The van der Waals surface area contributed by atoms with Gasteiger partial charge in [-0.1, -0.05) is 17.3 Å². The molecule has 0 saturated heterocycles. The normalized spacial score (nSPS) is 11.5. The van der Waals surface area contributed by atoms with Gasteiger partial charge in [0.1, 0.15) is 6.10 Å². The van der Waals surface area contributed by atoms with E-state index in [9.17, 15) is 4.79 Å². The summed E-state index contributed by atoms with van der Waals surface area (Å²) in [6.45, 7) is 7.22. The van der Waals surface area contributed by atoms with E-state index in [0.717, 1.165) is 17.0 Å². The second kappa shape index (κ2) is 6.03. The Kier molecular flexibility index (Phi) is 4.69. The van der Waals surface area contributed by atoms with Crippen molar-refractivity contribution in [2.24, 2.45) is 5.16 Å². The minimum atomic E-state index is -0.0775. The van der Waals surface area contributed by atoms with Gasteiger partial charge >= 0.3 is 0 Å². The molecule has 1 amide bonds. The van der Waals surface area contributed by atoms with E-state index in [-0.39, 0.29) is 12.0 Å². The number of oxime groups is 1. The summed E-state index contributed by atoms with van der Waals surface area (Å²) in [5.41, 5.74) is 2.56. The van der Waals surface area contributed by atoms with Crippen molar-refractivity contribution in [1.29, 1.82) is 0 Å². The van der Waals surface area contributed by atoms with Crippen molar-refractivity contribution >= 4 is 17.3 Å². The van der Waals surface area contributed by atoms with Gasteiger partial charge in [0.2, 0.25) is 5.91 Å². The molecular formula is C13H18N2O2. The van der Waals surface area contributed by atoms with Crippen LogP contribution in [0.2, 0.25) is 0 Å². The molecule has 0 aromatic heterocycles. The van der Waals surface area contributed by atoms with Crippen LogP contribution in [0.15, 0.2) is 29.4 Å². The van der Waals surface area contributed by atoms with E-state index in [1.54, 1.807) is 0 Å². The zero-order valence-corrected chi connectivity index (χ0v) is 10.7. The minimum absolute atomic E-state index is 0.0728. The first-order valence-electron chi connectivity index (χ1n) is 5.57. The number of anilines is 1. The highest BCUT2D eigenvalue weighted by atomic mass is 16.6. The molecule has 1 N–H and O–H groups in total. The zero-order valence-electron chi connectivity index (χ0n) is 10.7. The van der Waals surface area contributed by atoms with E-state index in [1.807, 2.05) is 45.0 Å². The van der Waals surface area contributed by atoms with Gasteiger partial charge in [-0.05, 0) is 38.5 Å². The molecule has 1 aromatic rings. The highest BCUT2D eigenvalue weighted by Gasteiger charge is 2.00. The number of amides is 1. The molecule has 0 bridgehead atoms. The maximum Gasteiger partial charge on any atom is 0.221 e. The molecule has 0 aliphatic carbocycles. The average molecular weight is 234 g/mol. The van der Waals surface area contributed by atoms with Crippen LogP contribution in [-0.2, 0) is 9.63 Å². The lowest BCUT2D eigenvalue weighted by Gasteiger charge is -2.06. The summed E-state index contributed by atoms with van der Waals surface area (Å²) in [6, 6.07) is 7.47. The summed E-state index contributed by atoms with van der Waals surface area (Å²) >= 11 is 0. The van der Waals surface area contributed by atoms with Gasteiger partial charge in [-0.3, -0.25) is 4.79 Å². The van der Waals surface area contributed by atoms with Gasteiger partial charge in [-0.15, -0.1) is 0 Å². The number of benzene rings is 1. The van der Waals surface area contributed by atoms with Crippen molar-refractivity contribution in [2.45, 2.75) is 33.8 Å². The number of hydrogen-bond acceptors (Lipinski definition) is 3. The predicted molar refractivity (Wildman–Crippen MR) is 69.2 cm³/mol. The van der Waals surface area contributed by atoms with Crippen molar-refractivity contribution in [3.63, 3.8) is 0 Å². The first-order valence-corrected chi connectivity index (χ1v) is 5.57. The number of nitrogens with one attached hydrogen (secondary N) is 1. The molecule has 0 heterocycles. The molecular weight excluding hydrogens is 216 g/mol. The SMILES string of the molecule is CC(=O)Nc1ccc(C(C)=NOC(C)C)cc1. The number of nitrogens with zero attached hydrogens (tertiary/aromatic N) is 1. The quantitative estimate of drug-likeness (QED) is 0.643. The second-order valence-corrected chi connectivity index (χ2v) is 4.09. The first-order chi connectivity index (χ1) is 7.99. The van der Waals surface area contributed by atoms with Crippen molar-refractivity contribution in [3.8, 4) is 0 Å². The van der Waals surface area contributed by atoms with Gasteiger partial charge in [0, 0.05) is 12.6 Å². The Morgan fingerprint density at radius 2 is 1.82 bits per heavy atom. The highest BCUT2D eigenvalue weighted by molar-refractivity contribution is 5.99. The second-order valence-electron chi connectivity index (χ2n) is 4.09. The van der Waals surface area contributed by atoms with Crippen LogP contribution < -0.4 is 5.32 Å². The molecule has 0 atom stereocenters. The Hall–Kier alpha value is -1.84. The van der Waals surface area contributed by atoms with Gasteiger partial charge in [0.25, 0.3) is 0 Å². The molecule has 0 aliphatic rings. The van der Waals surface area contributed by atoms with Crippen LogP contribution in [0.4, 0.5) is 5.69 Å². The lowest BCUT2D eigenvalue weighted by molar-refractivity contribution is -0.114. The Labute approximate surface area is 102 Å². The van der Waals surface area contributed by atoms with Gasteiger partial charge in [-0.25, -0.2) is 0 Å². The summed E-state index contributed by atoms with van der Waals surface area (Å²) in [5.74, 6) is -0.0775. The molecule has 0 saturated carbocycles. The summed E-state index contributed by atoms with van der Waals surface area (Å²) in [6.07, 6.45) is 0.0728. The Morgan fingerprint density at radius 1 is 1.24 bits per heavy atom. The van der Waals surface area contributed by atoms with Gasteiger partial charge in [0.05, 0.1) is 5.71 Å². The van der Waals surface area contributed by atoms with E-state index in [2.05, 4.69) is 10.5 Å². The van der Waals surface area contributed by atoms with Crippen LogP contribution in [0.1, 0.15) is 33.3 Å². The molecule has 0 unspecified atom stereocenters. The third-order valence-corrected chi connectivity index (χ3v) is 2.02. The van der Waals surface area contributed by atoms with E-state index < -0.39 is 0 Å². The molecule has 0 fully saturated rings. The Bertz CT molecular complexity index is 408. The van der Waals surface area contributed by atoms with Crippen molar-refractivity contribution in [1.82, 2.24) is 0 Å². The van der Waals surface area contributed by atoms with E-state index in [1.165, 1.54) is 6.92 Å². The fourth-order valence-corrected chi connectivity index (χ4v) is 1.24. The van der Waals surface area contributed by atoms with Crippen LogP contribution in [0.3, 0.4) is 0 Å². The lowest BCUT2D eigenvalue weighted by atomic mass is 10.1. The molecule has 1 rings (SSSR count). The van der Waals surface area contributed by atoms with Crippen LogP contribution in [0.25, 0.3) is 0 Å². The molecule has 1 aromatic carbocycles. The van der Waals surface area contributed by atoms with Gasteiger partial charge < -0.3 is 10.2 Å². The maximum atomic E-state index is 10.9. The average Bonchev–Trinajstić information content (AvgIpc) is 2.26. The van der Waals surface area contributed by atoms with Crippen molar-refractivity contribution in [3.05, 3.63) is 29.8 Å². The highest BCUT2D eigenvalue weighted by Crippen LogP contribution is 2.10. The summed E-state index contributed by atoms with van der Waals surface area (Å²) in [5, 5.41) is 6.72. The summed E-state index contributed by atoms with van der Waals surface area (Å²) in [4.78, 5) is 16.0. The molecule has 0 radical (unpaired) electrons. The Balaban J connectivity index is 2.73. The molecule has 92 valence electrons. The molecule has 0 spiro atoms. The molecule has 17 heavy (non-hydrogen) atoms. The predicted octanol–water partition coefficient (Wildman–Crippen LogP) is 2.79. The van der Waals surface area contributed by atoms with E-state index in [0.29, 0.717) is 0 Å². The third-order valence-electron chi connectivity index (χ3n) is 2.02. The topological polar surface area (TPSA) is 50.7 Å². The minimum Gasteiger partial charge on any atom is -0.393 e. The maximum absolute atomic E-state index is 10.9. The van der Waals surface area contributed by atoms with Crippen LogP contribution in [0.5, 0.6) is 0 Å². The monoisotopic (exact) mass is 234 g/mol. The van der Waals surface area contributed by atoms with E-state index in [4.69, 9.17) is 4.84 Å². The van der Waals surface area contributed by atoms with Crippen molar-refractivity contribution in [2.75, 3.05) is 5.32 Å².